The van der Waals surface area contributed by atoms with Crippen LogP contribution in [0.2, 0.25) is 0 Å². The van der Waals surface area contributed by atoms with Crippen LogP contribution >= 0.6 is 11.5 Å². The number of aliphatic hydroxyl groups is 1. The molecular formula is C22H26F3N3O5S2. The first kappa shape index (κ1) is 27.1. The van der Waals surface area contributed by atoms with E-state index in [-0.39, 0.29) is 12.2 Å². The van der Waals surface area contributed by atoms with Gasteiger partial charge in [-0.1, -0.05) is 30.3 Å². The number of halogens is 3. The maximum absolute atomic E-state index is 14.0. The number of carbonyl (C=O) groups excluding carboxylic acids is 2. The molecule has 1 aliphatic rings. The lowest BCUT2D eigenvalue weighted by molar-refractivity contribution is -0.268. The molecule has 1 aromatic heterocycles. The Hall–Kier alpha value is -2.51. The van der Waals surface area contributed by atoms with Gasteiger partial charge in [0, 0.05) is 17.9 Å². The summed E-state index contributed by atoms with van der Waals surface area (Å²) < 4.78 is 67.5. The Bertz CT molecular complexity index is 1200. The number of nitrogens with one attached hydrogen (secondary N) is 1. The molecule has 0 saturated carbocycles. The van der Waals surface area contributed by atoms with Gasteiger partial charge in [0.05, 0.1) is 20.3 Å². The molecule has 2 N–H and O–H groups in total. The zero-order valence-corrected chi connectivity index (χ0v) is 20.9. The molecule has 2 amide bonds. The molecule has 1 aromatic carbocycles. The van der Waals surface area contributed by atoms with Gasteiger partial charge < -0.3 is 15.2 Å². The molecule has 0 bridgehead atoms. The normalized spacial score (nSPS) is 22.7. The molecule has 2 unspecified atom stereocenters. The molecule has 1 aliphatic heterocycles. The van der Waals surface area contributed by atoms with Crippen LogP contribution in [0, 0.1) is 0 Å². The molecule has 192 valence electrons. The van der Waals surface area contributed by atoms with E-state index in [0.29, 0.717) is 10.4 Å². The molecule has 3 atom stereocenters. The third-order valence-electron chi connectivity index (χ3n) is 5.21. The highest BCUT2D eigenvalue weighted by Crippen LogP contribution is 2.43. The number of aromatic nitrogens is 1. The maximum atomic E-state index is 14.0. The number of hydrogen-bond acceptors (Lipinski definition) is 7. The van der Waals surface area contributed by atoms with Crippen LogP contribution in [0.4, 0.5) is 18.0 Å². The molecule has 3 rings (SSSR count). The first-order valence-corrected chi connectivity index (χ1v) is 13.3. The van der Waals surface area contributed by atoms with Gasteiger partial charge >= 0.3 is 12.3 Å². The summed E-state index contributed by atoms with van der Waals surface area (Å²) in [5, 5.41) is 13.0. The fourth-order valence-electron chi connectivity index (χ4n) is 3.36. The van der Waals surface area contributed by atoms with E-state index < -0.39 is 63.0 Å². The van der Waals surface area contributed by atoms with Crippen molar-refractivity contribution >= 4 is 33.3 Å². The summed E-state index contributed by atoms with van der Waals surface area (Å²) in [6, 6.07) is 8.68. The van der Waals surface area contributed by atoms with Crippen LogP contribution < -0.4 is 5.32 Å². The van der Waals surface area contributed by atoms with Crippen LogP contribution in [-0.2, 0) is 24.9 Å². The molecule has 0 aliphatic carbocycles. The number of amides is 2. The van der Waals surface area contributed by atoms with Gasteiger partial charge in [-0.3, -0.25) is 4.79 Å². The Morgan fingerprint density at radius 2 is 1.91 bits per heavy atom. The first-order chi connectivity index (χ1) is 16.1. The molecule has 0 spiro atoms. The number of alkyl halides is 3. The van der Waals surface area contributed by atoms with E-state index in [1.807, 2.05) is 0 Å². The number of nitrogens with zero attached hydrogens (tertiary/aromatic N) is 2. The molecular weight excluding hydrogens is 507 g/mol. The van der Waals surface area contributed by atoms with E-state index in [0.717, 1.165) is 17.6 Å². The summed E-state index contributed by atoms with van der Waals surface area (Å²) in [6.07, 6.45) is -7.04. The van der Waals surface area contributed by atoms with Crippen molar-refractivity contribution in [1.82, 2.24) is 9.69 Å². The van der Waals surface area contributed by atoms with Crippen molar-refractivity contribution in [2.45, 2.75) is 57.0 Å². The quantitative estimate of drug-likeness (QED) is 0.574. The molecule has 2 aromatic rings. The van der Waals surface area contributed by atoms with Gasteiger partial charge in [0.15, 0.2) is 0 Å². The van der Waals surface area contributed by atoms with Crippen LogP contribution in [0.25, 0.3) is 10.4 Å². The Morgan fingerprint density at radius 3 is 2.49 bits per heavy atom. The number of carbonyl (C=O) groups is 2. The zero-order valence-electron chi connectivity index (χ0n) is 19.3. The van der Waals surface area contributed by atoms with Crippen molar-refractivity contribution < 1.29 is 36.8 Å². The number of rotatable bonds is 6. The fraction of sp³-hybridized carbons (Fsp3) is 0.500. The fourth-order valence-corrected chi connectivity index (χ4v) is 6.23. The second-order valence-electron chi connectivity index (χ2n) is 9.15. The predicted octanol–water partition coefficient (Wildman–Crippen LogP) is 4.24. The van der Waals surface area contributed by atoms with Gasteiger partial charge in [0.25, 0.3) is 5.91 Å². The second kappa shape index (κ2) is 9.86. The average molecular weight is 534 g/mol. The van der Waals surface area contributed by atoms with Crippen LogP contribution in [0.5, 0.6) is 0 Å². The predicted molar refractivity (Wildman–Crippen MR) is 125 cm³/mol. The van der Waals surface area contributed by atoms with E-state index in [1.165, 1.54) is 0 Å². The summed E-state index contributed by atoms with van der Waals surface area (Å²) in [5.41, 5.74) is -4.14. The molecule has 0 fully saturated rings. The van der Waals surface area contributed by atoms with E-state index >= 15 is 0 Å². The summed E-state index contributed by atoms with van der Waals surface area (Å²) >= 11 is 0.805. The minimum Gasteiger partial charge on any atom is -0.444 e. The first-order valence-electron chi connectivity index (χ1n) is 10.7. The van der Waals surface area contributed by atoms with Crippen molar-refractivity contribution in [3.63, 3.8) is 0 Å². The van der Waals surface area contributed by atoms with E-state index in [4.69, 9.17) is 4.74 Å². The lowest BCUT2D eigenvalue weighted by Gasteiger charge is -2.30. The number of ether oxygens (including phenoxy) is 1. The summed E-state index contributed by atoms with van der Waals surface area (Å²) in [6.45, 7) is 4.91. The Morgan fingerprint density at radius 1 is 1.26 bits per heavy atom. The van der Waals surface area contributed by atoms with Gasteiger partial charge in [-0.15, -0.1) is 0 Å². The minimum atomic E-state index is -5.11. The summed E-state index contributed by atoms with van der Waals surface area (Å²) in [5.74, 6) is -1.81. The smallest absolute Gasteiger partial charge is 0.423 e. The van der Waals surface area contributed by atoms with Crippen molar-refractivity contribution in [2.24, 2.45) is 4.36 Å². The van der Waals surface area contributed by atoms with Crippen LogP contribution in [0.15, 0.2) is 40.8 Å². The SMILES string of the molecule is CC(C)(C)OC(=O)N[C@H]1CCS(=O)(CCC(O)(c2cc(-c3ccccc3)sn2)C(F)(F)F)=NC1=O. The largest absolute Gasteiger partial charge is 0.444 e. The third-order valence-corrected chi connectivity index (χ3v) is 8.28. The highest BCUT2D eigenvalue weighted by molar-refractivity contribution is 7.93. The summed E-state index contributed by atoms with van der Waals surface area (Å²) in [7, 11) is -3.39. The highest BCUT2D eigenvalue weighted by atomic mass is 32.2. The standard InChI is InChI=1S/C22H26F3N3O5S2/c1-20(2,3)33-19(30)26-15-9-11-35(32,28-18(15)29)12-10-21(31,22(23,24)25)17-13-16(34-27-17)14-7-5-4-6-8-14/h4-8,13,15,31H,9-12H2,1-3H3,(H,26,30)/t15-,21?,35?/m0/s1. The molecule has 13 heteroatoms. The second-order valence-corrected chi connectivity index (χ2v) is 12.5. The van der Waals surface area contributed by atoms with Gasteiger partial charge in [-0.2, -0.15) is 21.9 Å². The third kappa shape index (κ3) is 6.58. The average Bonchev–Trinajstić information content (AvgIpc) is 3.24. The maximum Gasteiger partial charge on any atom is 0.423 e. The van der Waals surface area contributed by atoms with Gasteiger partial charge in [-0.25, -0.2) is 9.00 Å². The van der Waals surface area contributed by atoms with Gasteiger partial charge in [-0.05, 0) is 50.4 Å². The lowest BCUT2D eigenvalue weighted by atomic mass is 9.95. The van der Waals surface area contributed by atoms with Gasteiger partial charge in [0.1, 0.15) is 11.6 Å². The minimum absolute atomic E-state index is 0.0836. The molecule has 2 heterocycles. The van der Waals surface area contributed by atoms with Gasteiger partial charge in [0.2, 0.25) is 5.60 Å². The van der Waals surface area contributed by atoms with Crippen LogP contribution in [-0.4, -0.2) is 55.0 Å². The Labute approximate surface area is 205 Å². The van der Waals surface area contributed by atoms with Crippen LogP contribution in [0.1, 0.15) is 39.3 Å². The van der Waals surface area contributed by atoms with E-state index in [9.17, 15) is 32.1 Å². The highest BCUT2D eigenvalue weighted by Gasteiger charge is 2.56. The topological polar surface area (TPSA) is 118 Å². The molecule has 8 nitrogen and oxygen atoms in total. The molecule has 0 saturated heterocycles. The summed E-state index contributed by atoms with van der Waals surface area (Å²) in [4.78, 5) is 24.7. The molecule has 35 heavy (non-hydrogen) atoms. The number of benzene rings is 1. The van der Waals surface area contributed by atoms with E-state index in [1.54, 1.807) is 51.1 Å². The monoisotopic (exact) mass is 533 g/mol. The zero-order chi connectivity index (χ0) is 26.1. The van der Waals surface area contributed by atoms with E-state index in [2.05, 4.69) is 14.1 Å². The van der Waals surface area contributed by atoms with Crippen molar-refractivity contribution in [3.05, 3.63) is 42.1 Å². The van der Waals surface area contributed by atoms with Crippen LogP contribution in [0.3, 0.4) is 0 Å². The Kier molecular flexibility index (Phi) is 7.63. The molecule has 0 radical (unpaired) electrons. The number of hydrogen-bond donors (Lipinski definition) is 2. The lowest BCUT2D eigenvalue weighted by Crippen LogP contribution is -2.47. The Balaban J connectivity index is 1.76. The number of alkyl carbamates (subject to hydrolysis) is 1. The van der Waals surface area contributed by atoms with Crippen molar-refractivity contribution in [2.75, 3.05) is 11.5 Å². The van der Waals surface area contributed by atoms with Crippen molar-refractivity contribution in [3.8, 4) is 10.4 Å². The van der Waals surface area contributed by atoms with Crippen molar-refractivity contribution in [1.29, 1.82) is 0 Å².